The Hall–Kier alpha value is -0.810. The van der Waals surface area contributed by atoms with Gasteiger partial charge in [0.25, 0.3) is 0 Å². The van der Waals surface area contributed by atoms with Gasteiger partial charge in [-0.05, 0) is 6.42 Å². The first kappa shape index (κ1) is 14.7. The molecule has 0 unspecified atom stereocenters. The topological polar surface area (TPSA) is 12.9 Å². The number of aromatic nitrogens is 1. The molecule has 0 bridgehead atoms. The fourth-order valence-electron chi connectivity index (χ4n) is 0.638. The Morgan fingerprint density at radius 3 is 2.23 bits per heavy atom. The smallest absolute Gasteiger partial charge is 0.0996 e. The summed E-state index contributed by atoms with van der Waals surface area (Å²) >= 11 is 1.53. The summed E-state index contributed by atoms with van der Waals surface area (Å²) in [6.07, 6.45) is 6.12. The second-order valence-electron chi connectivity index (χ2n) is 1.63. The van der Waals surface area contributed by atoms with E-state index >= 15 is 0 Å². The molecule has 1 aromatic rings. The molecule has 1 heterocycles. The Morgan fingerprint density at radius 2 is 1.92 bits per heavy atom. The van der Waals surface area contributed by atoms with Crippen molar-refractivity contribution in [2.45, 2.75) is 41.0 Å². The van der Waals surface area contributed by atoms with Crippen LogP contribution in [0.25, 0.3) is 0 Å². The summed E-state index contributed by atoms with van der Waals surface area (Å²) in [5.41, 5.74) is 2.83. The first-order valence-corrected chi connectivity index (χ1v) is 5.65. The van der Waals surface area contributed by atoms with Gasteiger partial charge in [0.05, 0.1) is 16.1 Å². The Labute approximate surface area is 86.2 Å². The number of terminal acetylenes is 1. The zero-order valence-corrected chi connectivity index (χ0v) is 10.0. The molecule has 0 aliphatic carbocycles. The lowest BCUT2D eigenvalue weighted by molar-refractivity contribution is 1.06. The molecule has 0 saturated heterocycles. The summed E-state index contributed by atoms with van der Waals surface area (Å²) in [6.45, 7) is 10.1. The van der Waals surface area contributed by atoms with E-state index in [0.717, 1.165) is 17.0 Å². The first-order chi connectivity index (χ1) is 6.38. The highest BCUT2D eigenvalue weighted by molar-refractivity contribution is 7.10. The number of rotatable bonds is 1. The summed E-state index contributed by atoms with van der Waals surface area (Å²) in [5.74, 6) is 2.58. The van der Waals surface area contributed by atoms with Crippen LogP contribution in [0.1, 0.15) is 45.2 Å². The number of thiazole rings is 1. The Morgan fingerprint density at radius 1 is 1.38 bits per heavy atom. The molecule has 0 saturated carbocycles. The van der Waals surface area contributed by atoms with Crippen LogP contribution in [-0.4, -0.2) is 4.98 Å². The third-order valence-corrected chi connectivity index (χ3v) is 1.91. The molecule has 0 amide bonds. The Kier molecular flexibility index (Phi) is 12.7. The summed E-state index contributed by atoms with van der Waals surface area (Å²) in [4.78, 5) is 5.05. The van der Waals surface area contributed by atoms with Crippen molar-refractivity contribution in [2.75, 3.05) is 0 Å². The van der Waals surface area contributed by atoms with Crippen molar-refractivity contribution >= 4 is 11.3 Å². The third-order valence-electron chi connectivity index (χ3n) is 1.11. The molecule has 1 aromatic heterocycles. The molecule has 1 rings (SSSR count). The van der Waals surface area contributed by atoms with E-state index in [9.17, 15) is 0 Å². The first-order valence-electron chi connectivity index (χ1n) is 4.77. The summed E-state index contributed by atoms with van der Waals surface area (Å²) in [6, 6.07) is 0. The van der Waals surface area contributed by atoms with E-state index in [1.165, 1.54) is 11.3 Å². The van der Waals surface area contributed by atoms with Crippen LogP contribution in [0, 0.1) is 12.3 Å². The maximum atomic E-state index is 5.19. The quantitative estimate of drug-likeness (QED) is 0.625. The van der Waals surface area contributed by atoms with E-state index < -0.39 is 0 Å². The van der Waals surface area contributed by atoms with Gasteiger partial charge in [-0.1, -0.05) is 40.5 Å². The normalized spacial score (nSPS) is 7.08. The third kappa shape index (κ3) is 5.43. The minimum Gasteiger partial charge on any atom is -0.248 e. The Balaban J connectivity index is 0. The van der Waals surface area contributed by atoms with E-state index in [1.54, 1.807) is 5.51 Å². The molecular weight excluding hydrogens is 178 g/mol. The summed E-state index contributed by atoms with van der Waals surface area (Å²) < 4.78 is 0. The van der Waals surface area contributed by atoms with Gasteiger partial charge in [-0.3, -0.25) is 0 Å². The van der Waals surface area contributed by atoms with Gasteiger partial charge >= 0.3 is 0 Å². The molecule has 0 aromatic carbocycles. The van der Waals surface area contributed by atoms with Crippen molar-refractivity contribution in [2.24, 2.45) is 0 Å². The van der Waals surface area contributed by atoms with Gasteiger partial charge in [-0.2, -0.15) is 0 Å². The van der Waals surface area contributed by atoms with Crippen LogP contribution in [-0.2, 0) is 6.42 Å². The summed E-state index contributed by atoms with van der Waals surface area (Å²) in [5, 5.41) is 0. The summed E-state index contributed by atoms with van der Waals surface area (Å²) in [7, 11) is 0. The zero-order chi connectivity index (χ0) is 10.7. The average molecular weight is 197 g/mol. The van der Waals surface area contributed by atoms with E-state index in [-0.39, 0.29) is 0 Å². The van der Waals surface area contributed by atoms with Crippen LogP contribution < -0.4 is 0 Å². The highest BCUT2D eigenvalue weighted by Crippen LogP contribution is 2.10. The molecule has 0 atom stereocenters. The Bertz CT molecular complexity index is 232. The monoisotopic (exact) mass is 197 g/mol. The van der Waals surface area contributed by atoms with Gasteiger partial charge in [0.2, 0.25) is 0 Å². The van der Waals surface area contributed by atoms with Crippen LogP contribution in [0.4, 0.5) is 0 Å². The van der Waals surface area contributed by atoms with Gasteiger partial charge < -0.3 is 0 Å². The van der Waals surface area contributed by atoms with Gasteiger partial charge in [-0.25, -0.2) is 4.98 Å². The van der Waals surface area contributed by atoms with Crippen molar-refractivity contribution in [1.82, 2.24) is 4.98 Å². The number of hydrogen-bond donors (Lipinski definition) is 0. The SMILES string of the molecule is C#Cc1scnc1CC.CC.CC. The van der Waals surface area contributed by atoms with Gasteiger partial charge in [0.15, 0.2) is 0 Å². The van der Waals surface area contributed by atoms with Crippen LogP contribution in [0.2, 0.25) is 0 Å². The fourth-order valence-corrected chi connectivity index (χ4v) is 1.32. The van der Waals surface area contributed by atoms with Crippen molar-refractivity contribution < 1.29 is 0 Å². The number of nitrogens with zero attached hydrogens (tertiary/aromatic N) is 1. The minimum absolute atomic E-state index is 0.934. The lowest BCUT2D eigenvalue weighted by Gasteiger charge is -1.85. The van der Waals surface area contributed by atoms with Crippen molar-refractivity contribution in [3.8, 4) is 12.3 Å². The van der Waals surface area contributed by atoms with Gasteiger partial charge in [0, 0.05) is 0 Å². The predicted molar refractivity (Wildman–Crippen MR) is 62.1 cm³/mol. The van der Waals surface area contributed by atoms with Crippen molar-refractivity contribution in [3.05, 3.63) is 16.1 Å². The number of hydrogen-bond acceptors (Lipinski definition) is 2. The van der Waals surface area contributed by atoms with Crippen molar-refractivity contribution in [1.29, 1.82) is 0 Å². The van der Waals surface area contributed by atoms with Crippen LogP contribution in [0.3, 0.4) is 0 Å². The molecule has 0 N–H and O–H groups in total. The number of aryl methyl sites for hydroxylation is 1. The van der Waals surface area contributed by atoms with Crippen LogP contribution in [0.15, 0.2) is 5.51 Å². The molecule has 13 heavy (non-hydrogen) atoms. The van der Waals surface area contributed by atoms with E-state index in [1.807, 2.05) is 27.7 Å². The largest absolute Gasteiger partial charge is 0.248 e. The standard InChI is InChI=1S/C7H7NS.2C2H6/c1-3-6-7(4-2)9-5-8-6;2*1-2/h2,5H,3H2,1H3;2*1-2H3. The molecule has 74 valence electrons. The van der Waals surface area contributed by atoms with Gasteiger partial charge in [-0.15, -0.1) is 17.8 Å². The minimum atomic E-state index is 0.934. The molecule has 0 spiro atoms. The van der Waals surface area contributed by atoms with E-state index in [2.05, 4.69) is 17.8 Å². The second kappa shape index (κ2) is 11.2. The van der Waals surface area contributed by atoms with E-state index in [0.29, 0.717) is 0 Å². The molecule has 0 radical (unpaired) electrons. The molecule has 0 fully saturated rings. The lowest BCUT2D eigenvalue weighted by Crippen LogP contribution is -1.80. The maximum absolute atomic E-state index is 5.19. The van der Waals surface area contributed by atoms with Crippen LogP contribution >= 0.6 is 11.3 Å². The molecule has 1 nitrogen and oxygen atoms in total. The lowest BCUT2D eigenvalue weighted by atomic mass is 10.3. The molecule has 2 heteroatoms. The average Bonchev–Trinajstić information content (AvgIpc) is 2.70. The maximum Gasteiger partial charge on any atom is 0.0996 e. The zero-order valence-electron chi connectivity index (χ0n) is 9.22. The predicted octanol–water partition coefficient (Wildman–Crippen LogP) is 3.74. The fraction of sp³-hybridized carbons (Fsp3) is 0.545. The highest BCUT2D eigenvalue weighted by Gasteiger charge is 1.97. The molecule has 0 aliphatic rings. The molecular formula is C11H19NS. The highest BCUT2D eigenvalue weighted by atomic mass is 32.1. The van der Waals surface area contributed by atoms with Crippen molar-refractivity contribution in [3.63, 3.8) is 0 Å². The van der Waals surface area contributed by atoms with Crippen LogP contribution in [0.5, 0.6) is 0 Å². The molecule has 0 aliphatic heterocycles. The van der Waals surface area contributed by atoms with E-state index in [4.69, 9.17) is 6.42 Å². The van der Waals surface area contributed by atoms with Gasteiger partial charge in [0.1, 0.15) is 0 Å². The second-order valence-corrected chi connectivity index (χ2v) is 2.48.